The third-order valence-corrected chi connectivity index (χ3v) is 3.91. The molecule has 15 heavy (non-hydrogen) atoms. The Bertz CT molecular complexity index is 219. The van der Waals surface area contributed by atoms with Crippen LogP contribution in [0.25, 0.3) is 0 Å². The number of hydrogen-bond acceptors (Lipinski definition) is 3. The van der Waals surface area contributed by atoms with Gasteiger partial charge in [0.05, 0.1) is 12.1 Å². The summed E-state index contributed by atoms with van der Waals surface area (Å²) in [7, 11) is 0. The summed E-state index contributed by atoms with van der Waals surface area (Å²) in [4.78, 5) is 2.33. The van der Waals surface area contributed by atoms with Crippen LogP contribution in [-0.2, 0) is 4.74 Å². The van der Waals surface area contributed by atoms with Gasteiger partial charge in [0.2, 0.25) is 0 Å². The molecule has 90 valence electrons. The van der Waals surface area contributed by atoms with Gasteiger partial charge in [0, 0.05) is 6.54 Å². The summed E-state index contributed by atoms with van der Waals surface area (Å²) < 4.78 is 7.69. The van der Waals surface area contributed by atoms with Crippen LogP contribution < -0.4 is 0 Å². The second kappa shape index (κ2) is 4.58. The topological polar surface area (TPSA) is 15.7 Å². The molecule has 0 aromatic rings. The maximum atomic E-state index is 6.35. The van der Waals surface area contributed by atoms with Gasteiger partial charge < -0.3 is 4.74 Å². The first kappa shape index (κ1) is 13.2. The maximum Gasteiger partial charge on any atom is 0.145 e. The van der Waals surface area contributed by atoms with Crippen molar-refractivity contribution in [1.82, 2.24) is 9.32 Å². The largest absolute Gasteiger partial charge is 0.356 e. The molecule has 1 unspecified atom stereocenters. The lowest BCUT2D eigenvalue weighted by atomic mass is 10.1. The highest BCUT2D eigenvalue weighted by atomic mass is 35.5. The molecule has 0 aromatic carbocycles. The Kier molecular flexibility index (Phi) is 4.04. The van der Waals surface area contributed by atoms with Crippen molar-refractivity contribution in [1.29, 1.82) is 0 Å². The molecule has 1 heterocycles. The number of halogens is 1. The number of ether oxygens (including phenoxy) is 1. The van der Waals surface area contributed by atoms with Crippen LogP contribution >= 0.6 is 11.8 Å². The van der Waals surface area contributed by atoms with Crippen LogP contribution in [0, 0.1) is 0 Å². The molecule has 1 atom stereocenters. The predicted octanol–water partition coefficient (Wildman–Crippen LogP) is 2.31. The van der Waals surface area contributed by atoms with Crippen molar-refractivity contribution < 1.29 is 4.74 Å². The highest BCUT2D eigenvalue weighted by Crippen LogP contribution is 2.37. The number of rotatable bonds is 4. The highest BCUT2D eigenvalue weighted by Gasteiger charge is 2.48. The van der Waals surface area contributed by atoms with Crippen molar-refractivity contribution in [2.45, 2.75) is 45.9 Å². The molecule has 0 amide bonds. The monoisotopic (exact) mass is 234 g/mol. The van der Waals surface area contributed by atoms with Gasteiger partial charge in [-0.2, -0.15) is 4.42 Å². The van der Waals surface area contributed by atoms with Crippen molar-refractivity contribution >= 4 is 11.8 Å². The van der Waals surface area contributed by atoms with E-state index < -0.39 is 0 Å². The Morgan fingerprint density at radius 3 is 2.13 bits per heavy atom. The molecule has 1 aliphatic heterocycles. The van der Waals surface area contributed by atoms with E-state index in [0.717, 1.165) is 19.6 Å². The average molecular weight is 235 g/mol. The van der Waals surface area contributed by atoms with Gasteiger partial charge in [-0.25, -0.2) is 0 Å². The SMILES string of the molecule is CCN(CC)CC1(C)OCC(C)(C)N1Cl. The zero-order chi connectivity index (χ0) is 11.7. The van der Waals surface area contributed by atoms with Gasteiger partial charge in [-0.15, -0.1) is 0 Å². The molecule has 0 saturated carbocycles. The van der Waals surface area contributed by atoms with Crippen LogP contribution in [0.15, 0.2) is 0 Å². The smallest absolute Gasteiger partial charge is 0.145 e. The molecule has 0 radical (unpaired) electrons. The zero-order valence-electron chi connectivity index (χ0n) is 10.5. The summed E-state index contributed by atoms with van der Waals surface area (Å²) in [6, 6.07) is 0. The molecular weight excluding hydrogens is 212 g/mol. The molecule has 1 aliphatic rings. The fourth-order valence-corrected chi connectivity index (χ4v) is 2.21. The number of likely N-dealkylation sites (N-methyl/N-ethyl adjacent to an activating group) is 1. The maximum absolute atomic E-state index is 6.35. The van der Waals surface area contributed by atoms with Gasteiger partial charge >= 0.3 is 0 Å². The Labute approximate surface area is 98.4 Å². The minimum atomic E-state index is -0.364. The minimum Gasteiger partial charge on any atom is -0.356 e. The van der Waals surface area contributed by atoms with Crippen molar-refractivity contribution in [2.24, 2.45) is 0 Å². The minimum absolute atomic E-state index is 0.0799. The fourth-order valence-electron chi connectivity index (χ4n) is 2.06. The van der Waals surface area contributed by atoms with Crippen molar-refractivity contribution in [3.8, 4) is 0 Å². The van der Waals surface area contributed by atoms with E-state index in [9.17, 15) is 0 Å². The average Bonchev–Trinajstić information content (AvgIpc) is 2.40. The standard InChI is InChI=1S/C11H23ClN2O/c1-6-13(7-2)8-11(5)14(12)10(3,4)9-15-11/h6-9H2,1-5H3. The Balaban J connectivity index is 2.68. The van der Waals surface area contributed by atoms with E-state index in [0.29, 0.717) is 6.61 Å². The molecule has 0 aromatic heterocycles. The van der Waals surface area contributed by atoms with Gasteiger partial charge in [-0.1, -0.05) is 13.8 Å². The Morgan fingerprint density at radius 2 is 1.80 bits per heavy atom. The molecule has 3 nitrogen and oxygen atoms in total. The predicted molar refractivity (Wildman–Crippen MR) is 63.9 cm³/mol. The van der Waals surface area contributed by atoms with Crippen LogP contribution in [0.1, 0.15) is 34.6 Å². The first-order valence-electron chi connectivity index (χ1n) is 5.68. The van der Waals surface area contributed by atoms with Gasteiger partial charge in [-0.05, 0) is 45.6 Å². The summed E-state index contributed by atoms with van der Waals surface area (Å²) in [6.45, 7) is 14.2. The first-order chi connectivity index (χ1) is 6.85. The Morgan fingerprint density at radius 1 is 1.27 bits per heavy atom. The number of hydrogen-bond donors (Lipinski definition) is 0. The van der Waals surface area contributed by atoms with E-state index in [1.807, 2.05) is 4.42 Å². The summed E-state index contributed by atoms with van der Waals surface area (Å²) >= 11 is 6.35. The third kappa shape index (κ3) is 2.64. The first-order valence-corrected chi connectivity index (χ1v) is 6.02. The number of nitrogens with zero attached hydrogens (tertiary/aromatic N) is 2. The van der Waals surface area contributed by atoms with E-state index in [2.05, 4.69) is 39.5 Å². The van der Waals surface area contributed by atoms with Crippen LogP contribution in [0.2, 0.25) is 0 Å². The summed E-state index contributed by atoms with van der Waals surface area (Å²) in [5, 5.41) is 0. The van der Waals surface area contributed by atoms with Gasteiger partial charge in [0.15, 0.2) is 0 Å². The van der Waals surface area contributed by atoms with Crippen molar-refractivity contribution in [3.05, 3.63) is 0 Å². The van der Waals surface area contributed by atoms with E-state index in [1.165, 1.54) is 0 Å². The third-order valence-electron chi connectivity index (χ3n) is 3.09. The van der Waals surface area contributed by atoms with Gasteiger partial charge in [0.1, 0.15) is 5.72 Å². The van der Waals surface area contributed by atoms with Crippen LogP contribution in [0.4, 0.5) is 0 Å². The van der Waals surface area contributed by atoms with Crippen LogP contribution in [0.5, 0.6) is 0 Å². The summed E-state index contributed by atoms with van der Waals surface area (Å²) in [5.41, 5.74) is -0.444. The van der Waals surface area contributed by atoms with Gasteiger partial charge in [0.25, 0.3) is 0 Å². The van der Waals surface area contributed by atoms with Crippen LogP contribution in [-0.4, -0.2) is 46.8 Å². The molecule has 0 bridgehead atoms. The van der Waals surface area contributed by atoms with E-state index >= 15 is 0 Å². The second-order valence-electron chi connectivity index (χ2n) is 5.02. The molecule has 0 aliphatic carbocycles. The molecule has 1 saturated heterocycles. The molecule has 0 N–H and O–H groups in total. The van der Waals surface area contributed by atoms with Crippen molar-refractivity contribution in [2.75, 3.05) is 26.2 Å². The fraction of sp³-hybridized carbons (Fsp3) is 1.00. The molecule has 4 heteroatoms. The lowest BCUT2D eigenvalue weighted by Crippen LogP contribution is -2.51. The van der Waals surface area contributed by atoms with Crippen molar-refractivity contribution in [3.63, 3.8) is 0 Å². The van der Waals surface area contributed by atoms with E-state index in [1.54, 1.807) is 0 Å². The van der Waals surface area contributed by atoms with Gasteiger partial charge in [-0.3, -0.25) is 4.90 Å². The van der Waals surface area contributed by atoms with E-state index in [-0.39, 0.29) is 11.3 Å². The lowest BCUT2D eigenvalue weighted by molar-refractivity contribution is -0.0569. The summed E-state index contributed by atoms with van der Waals surface area (Å²) in [6.07, 6.45) is 0. The molecule has 1 rings (SSSR count). The van der Waals surface area contributed by atoms with Crippen LogP contribution in [0.3, 0.4) is 0 Å². The van der Waals surface area contributed by atoms with E-state index in [4.69, 9.17) is 16.5 Å². The lowest BCUT2D eigenvalue weighted by Gasteiger charge is -2.37. The zero-order valence-corrected chi connectivity index (χ0v) is 11.3. The second-order valence-corrected chi connectivity index (χ2v) is 5.36. The Hall–Kier alpha value is 0.170. The molecule has 1 fully saturated rings. The highest BCUT2D eigenvalue weighted by molar-refractivity contribution is 6.14. The quantitative estimate of drug-likeness (QED) is 0.695. The normalized spacial score (nSPS) is 31.4. The summed E-state index contributed by atoms with van der Waals surface area (Å²) in [5.74, 6) is 0. The molecule has 0 spiro atoms. The molecular formula is C11H23ClN2O.